The number of methoxy groups -OCH3 is 1. The number of rotatable bonds is 6. The molecule has 0 aromatic heterocycles. The largest absolute Gasteiger partial charge is 0.383 e. The molecule has 0 aromatic rings. The van der Waals surface area contributed by atoms with Crippen LogP contribution in [0.15, 0.2) is 0 Å². The Labute approximate surface area is 102 Å². The van der Waals surface area contributed by atoms with Crippen LogP contribution >= 0.6 is 11.6 Å². The van der Waals surface area contributed by atoms with Gasteiger partial charge in [0.15, 0.2) is 0 Å². The van der Waals surface area contributed by atoms with Crippen molar-refractivity contribution in [3.05, 3.63) is 0 Å². The maximum absolute atomic E-state index is 12.0. The molecule has 0 saturated carbocycles. The van der Waals surface area contributed by atoms with Gasteiger partial charge in [-0.3, -0.25) is 4.79 Å². The Morgan fingerprint density at radius 3 is 2.94 bits per heavy atom. The van der Waals surface area contributed by atoms with Crippen molar-refractivity contribution in [3.8, 4) is 0 Å². The summed E-state index contributed by atoms with van der Waals surface area (Å²) >= 11 is 5.67. The van der Waals surface area contributed by atoms with Gasteiger partial charge in [-0.2, -0.15) is 0 Å². The van der Waals surface area contributed by atoms with Crippen molar-refractivity contribution in [2.75, 3.05) is 26.2 Å². The minimum atomic E-state index is -0.668. The molecule has 0 radical (unpaired) electrons. The van der Waals surface area contributed by atoms with Gasteiger partial charge in [-0.25, -0.2) is 0 Å². The van der Waals surface area contributed by atoms with Gasteiger partial charge in [-0.05, 0) is 26.2 Å². The van der Waals surface area contributed by atoms with E-state index in [1.807, 2.05) is 6.92 Å². The molecule has 2 unspecified atom stereocenters. The molecule has 0 aromatic carbocycles. The summed E-state index contributed by atoms with van der Waals surface area (Å²) in [7, 11) is 1.61. The number of alkyl halides is 1. The lowest BCUT2D eigenvalue weighted by molar-refractivity contribution is -0.140. The molecule has 1 heterocycles. The van der Waals surface area contributed by atoms with Crippen molar-refractivity contribution < 1.29 is 14.3 Å². The Bertz CT molecular complexity index is 223. The second-order valence-corrected chi connectivity index (χ2v) is 4.66. The van der Waals surface area contributed by atoms with E-state index >= 15 is 0 Å². The topological polar surface area (TPSA) is 47.6 Å². The highest BCUT2D eigenvalue weighted by atomic mass is 35.5. The molecule has 1 aliphatic rings. The van der Waals surface area contributed by atoms with Gasteiger partial charge in [0, 0.05) is 19.6 Å². The molecule has 4 nitrogen and oxygen atoms in total. The van der Waals surface area contributed by atoms with Crippen molar-refractivity contribution in [1.29, 1.82) is 0 Å². The Kier molecular flexibility index (Phi) is 5.52. The molecule has 94 valence electrons. The minimum absolute atomic E-state index is 0.0315. The SMILES string of the molecule is COCC(CCCl)NC(=O)C1(C)CCCO1. The lowest BCUT2D eigenvalue weighted by atomic mass is 10.0. The fourth-order valence-electron chi connectivity index (χ4n) is 1.83. The van der Waals surface area contributed by atoms with E-state index < -0.39 is 5.60 Å². The maximum atomic E-state index is 12.0. The number of carbonyl (C=O) groups excluding carboxylic acids is 1. The zero-order valence-electron chi connectivity index (χ0n) is 9.92. The third-order valence-electron chi connectivity index (χ3n) is 2.86. The highest BCUT2D eigenvalue weighted by molar-refractivity contribution is 6.17. The first kappa shape index (κ1) is 13.7. The number of hydrogen-bond donors (Lipinski definition) is 1. The fourth-order valence-corrected chi connectivity index (χ4v) is 2.09. The smallest absolute Gasteiger partial charge is 0.252 e. The third-order valence-corrected chi connectivity index (χ3v) is 3.08. The zero-order valence-corrected chi connectivity index (χ0v) is 10.7. The number of carbonyl (C=O) groups is 1. The Morgan fingerprint density at radius 1 is 1.69 bits per heavy atom. The van der Waals surface area contributed by atoms with Gasteiger partial charge in [-0.1, -0.05) is 0 Å². The highest BCUT2D eigenvalue weighted by Crippen LogP contribution is 2.25. The lowest BCUT2D eigenvalue weighted by Crippen LogP contribution is -2.49. The van der Waals surface area contributed by atoms with Crippen LogP contribution < -0.4 is 5.32 Å². The first-order valence-electron chi connectivity index (χ1n) is 5.62. The molecule has 1 fully saturated rings. The van der Waals surface area contributed by atoms with E-state index in [2.05, 4.69) is 5.32 Å². The summed E-state index contributed by atoms with van der Waals surface area (Å²) in [5.41, 5.74) is -0.668. The van der Waals surface area contributed by atoms with Crippen molar-refractivity contribution >= 4 is 17.5 Å². The van der Waals surface area contributed by atoms with Gasteiger partial charge in [-0.15, -0.1) is 11.6 Å². The molecular weight excluding hydrogens is 230 g/mol. The van der Waals surface area contributed by atoms with Crippen LogP contribution in [0.25, 0.3) is 0 Å². The lowest BCUT2D eigenvalue weighted by Gasteiger charge is -2.25. The Morgan fingerprint density at radius 2 is 2.44 bits per heavy atom. The van der Waals surface area contributed by atoms with E-state index in [4.69, 9.17) is 21.1 Å². The summed E-state index contributed by atoms with van der Waals surface area (Å²) in [6.07, 6.45) is 2.42. The normalized spacial score (nSPS) is 26.7. The number of halogens is 1. The van der Waals surface area contributed by atoms with Gasteiger partial charge in [0.1, 0.15) is 5.60 Å². The van der Waals surface area contributed by atoms with Crippen LogP contribution in [-0.4, -0.2) is 43.8 Å². The zero-order chi connectivity index (χ0) is 12.0. The molecule has 2 atom stereocenters. The van der Waals surface area contributed by atoms with E-state index in [9.17, 15) is 4.79 Å². The highest BCUT2D eigenvalue weighted by Gasteiger charge is 2.38. The summed E-state index contributed by atoms with van der Waals surface area (Å²) in [5, 5.41) is 2.93. The maximum Gasteiger partial charge on any atom is 0.252 e. The standard InChI is InChI=1S/C11H20ClNO3/c1-11(5-3-7-16-11)10(14)13-9(4-6-12)8-15-2/h9H,3-8H2,1-2H3,(H,13,14). The van der Waals surface area contributed by atoms with Crippen LogP contribution in [0.2, 0.25) is 0 Å². The number of hydrogen-bond acceptors (Lipinski definition) is 3. The predicted octanol–water partition coefficient (Wildman–Crippen LogP) is 1.32. The van der Waals surface area contributed by atoms with Crippen LogP contribution in [0.3, 0.4) is 0 Å². The fraction of sp³-hybridized carbons (Fsp3) is 0.909. The minimum Gasteiger partial charge on any atom is -0.383 e. The van der Waals surface area contributed by atoms with Crippen molar-refractivity contribution in [3.63, 3.8) is 0 Å². The number of ether oxygens (including phenoxy) is 2. The average molecular weight is 250 g/mol. The summed E-state index contributed by atoms with van der Waals surface area (Å²) in [5.74, 6) is 0.448. The second kappa shape index (κ2) is 6.42. The van der Waals surface area contributed by atoms with E-state index in [0.29, 0.717) is 25.5 Å². The number of nitrogens with one attached hydrogen (secondary N) is 1. The summed E-state index contributed by atoms with van der Waals surface area (Å²) in [4.78, 5) is 12.0. The number of amides is 1. The molecule has 1 aliphatic heterocycles. The van der Waals surface area contributed by atoms with Crippen LogP contribution in [-0.2, 0) is 14.3 Å². The quantitative estimate of drug-likeness (QED) is 0.723. The van der Waals surface area contributed by atoms with Crippen LogP contribution in [0.4, 0.5) is 0 Å². The van der Waals surface area contributed by atoms with Crippen LogP contribution in [0.5, 0.6) is 0 Å². The van der Waals surface area contributed by atoms with Crippen molar-refractivity contribution in [2.24, 2.45) is 0 Å². The molecule has 5 heteroatoms. The molecule has 1 N–H and O–H groups in total. The second-order valence-electron chi connectivity index (χ2n) is 4.29. The van der Waals surface area contributed by atoms with Gasteiger partial charge in [0.2, 0.25) is 0 Å². The van der Waals surface area contributed by atoms with Crippen molar-refractivity contribution in [2.45, 2.75) is 37.8 Å². The summed E-state index contributed by atoms with van der Waals surface area (Å²) < 4.78 is 10.5. The first-order chi connectivity index (χ1) is 7.62. The van der Waals surface area contributed by atoms with Gasteiger partial charge < -0.3 is 14.8 Å². The van der Waals surface area contributed by atoms with Crippen LogP contribution in [0.1, 0.15) is 26.2 Å². The molecular formula is C11H20ClNO3. The third kappa shape index (κ3) is 3.61. The van der Waals surface area contributed by atoms with Crippen molar-refractivity contribution in [1.82, 2.24) is 5.32 Å². The molecule has 0 aliphatic carbocycles. The molecule has 1 amide bonds. The summed E-state index contributed by atoms with van der Waals surface area (Å²) in [6, 6.07) is -0.0315. The van der Waals surface area contributed by atoms with Gasteiger partial charge in [0.25, 0.3) is 5.91 Å². The Hall–Kier alpha value is -0.320. The summed E-state index contributed by atoms with van der Waals surface area (Å²) in [6.45, 7) is 2.98. The first-order valence-corrected chi connectivity index (χ1v) is 6.15. The molecule has 1 saturated heterocycles. The molecule has 0 bridgehead atoms. The van der Waals surface area contributed by atoms with Gasteiger partial charge >= 0.3 is 0 Å². The Balaban J connectivity index is 2.46. The van der Waals surface area contributed by atoms with E-state index in [-0.39, 0.29) is 11.9 Å². The molecule has 16 heavy (non-hydrogen) atoms. The van der Waals surface area contributed by atoms with E-state index in [1.165, 1.54) is 0 Å². The average Bonchev–Trinajstić information content (AvgIpc) is 2.67. The van der Waals surface area contributed by atoms with Crippen LogP contribution in [0, 0.1) is 0 Å². The predicted molar refractivity (Wildman–Crippen MR) is 62.7 cm³/mol. The van der Waals surface area contributed by atoms with E-state index in [1.54, 1.807) is 7.11 Å². The molecule has 0 spiro atoms. The monoisotopic (exact) mass is 249 g/mol. The van der Waals surface area contributed by atoms with Gasteiger partial charge in [0.05, 0.1) is 12.6 Å². The molecule has 1 rings (SSSR count). The van der Waals surface area contributed by atoms with E-state index in [0.717, 1.165) is 12.8 Å².